The fraction of sp³-hybridized carbons (Fsp3) is 0.667. The molecule has 1 aromatic rings. The number of rotatable bonds is 1. The molecule has 2 aliphatic heterocycles. The van der Waals surface area contributed by atoms with Crippen molar-refractivity contribution in [1.82, 2.24) is 9.80 Å². The van der Waals surface area contributed by atoms with E-state index in [4.69, 9.17) is 5.73 Å². The van der Waals surface area contributed by atoms with Crippen LogP contribution in [0.2, 0.25) is 0 Å². The van der Waals surface area contributed by atoms with Crippen LogP contribution in [0.4, 0.5) is 4.79 Å². The highest BCUT2D eigenvalue weighted by Gasteiger charge is 2.41. The number of nitrogens with zero attached hydrogens (tertiary/aromatic N) is 2. The Kier molecular flexibility index (Phi) is 4.72. The summed E-state index contributed by atoms with van der Waals surface area (Å²) >= 11 is 0. The van der Waals surface area contributed by atoms with Gasteiger partial charge in [-0.05, 0) is 49.5 Å². The van der Waals surface area contributed by atoms with Gasteiger partial charge in [-0.3, -0.25) is 0 Å². The first kappa shape index (κ1) is 16.9. The maximum atomic E-state index is 13.4. The summed E-state index contributed by atoms with van der Waals surface area (Å²) in [4.78, 5) is 17.7. The largest absolute Gasteiger partial charge is 0.328 e. The molecule has 4 heteroatoms. The number of carbonyl (C=O) groups is 1. The van der Waals surface area contributed by atoms with E-state index in [1.165, 1.54) is 37.7 Å². The van der Waals surface area contributed by atoms with E-state index in [1.54, 1.807) is 0 Å². The molecule has 2 N–H and O–H groups in total. The molecule has 1 spiro atoms. The van der Waals surface area contributed by atoms with E-state index in [0.29, 0.717) is 5.41 Å². The van der Waals surface area contributed by atoms with Gasteiger partial charge < -0.3 is 15.5 Å². The lowest BCUT2D eigenvalue weighted by Crippen LogP contribution is -2.54. The SMILES string of the molecule is N[C@@H]1CCN(C(=O)N2CCCC3(CCCC3)C2)[C@H](c2ccccc2)C1. The summed E-state index contributed by atoms with van der Waals surface area (Å²) in [6.45, 7) is 2.67. The molecule has 1 aromatic carbocycles. The summed E-state index contributed by atoms with van der Waals surface area (Å²) in [5.41, 5.74) is 7.89. The number of nitrogens with two attached hydrogens (primary N) is 1. The lowest BCUT2D eigenvalue weighted by atomic mass is 9.78. The van der Waals surface area contributed by atoms with E-state index in [1.807, 2.05) is 6.07 Å². The number of carbonyl (C=O) groups excluding carboxylic acids is 1. The van der Waals surface area contributed by atoms with Crippen LogP contribution in [0.3, 0.4) is 0 Å². The predicted octanol–water partition coefficient (Wildman–Crippen LogP) is 3.93. The van der Waals surface area contributed by atoms with Crippen LogP contribution >= 0.6 is 0 Å². The monoisotopic (exact) mass is 341 g/mol. The molecule has 0 radical (unpaired) electrons. The third kappa shape index (κ3) is 3.41. The second-order valence-electron chi connectivity index (χ2n) is 8.42. The Hall–Kier alpha value is -1.55. The Morgan fingerprint density at radius 2 is 1.76 bits per heavy atom. The fourth-order valence-corrected chi connectivity index (χ4v) is 5.30. The van der Waals surface area contributed by atoms with E-state index >= 15 is 0 Å². The van der Waals surface area contributed by atoms with Crippen LogP contribution < -0.4 is 5.73 Å². The highest BCUT2D eigenvalue weighted by Crippen LogP contribution is 2.45. The first-order chi connectivity index (χ1) is 12.2. The number of urea groups is 1. The molecule has 4 rings (SSSR count). The highest BCUT2D eigenvalue weighted by molar-refractivity contribution is 5.75. The van der Waals surface area contributed by atoms with Crippen LogP contribution in [0.25, 0.3) is 0 Å². The fourth-order valence-electron chi connectivity index (χ4n) is 5.30. The molecule has 1 saturated carbocycles. The van der Waals surface area contributed by atoms with Gasteiger partial charge in [-0.15, -0.1) is 0 Å². The van der Waals surface area contributed by atoms with Crippen molar-refractivity contribution in [3.63, 3.8) is 0 Å². The minimum absolute atomic E-state index is 0.124. The molecule has 0 bridgehead atoms. The van der Waals surface area contributed by atoms with Crippen molar-refractivity contribution in [1.29, 1.82) is 0 Å². The molecule has 2 amide bonds. The second-order valence-corrected chi connectivity index (χ2v) is 8.42. The summed E-state index contributed by atoms with van der Waals surface area (Å²) in [5.74, 6) is 0. The Labute approximate surface area is 151 Å². The quantitative estimate of drug-likeness (QED) is 0.841. The van der Waals surface area contributed by atoms with Crippen molar-refractivity contribution in [2.75, 3.05) is 19.6 Å². The van der Waals surface area contributed by atoms with Gasteiger partial charge in [0.2, 0.25) is 0 Å². The minimum atomic E-state index is 0.124. The third-order valence-electron chi connectivity index (χ3n) is 6.67. The van der Waals surface area contributed by atoms with Gasteiger partial charge in [-0.25, -0.2) is 4.79 Å². The van der Waals surface area contributed by atoms with Crippen molar-refractivity contribution < 1.29 is 4.79 Å². The van der Waals surface area contributed by atoms with E-state index in [9.17, 15) is 4.79 Å². The summed E-state index contributed by atoms with van der Waals surface area (Å²) in [6.07, 6.45) is 9.55. The van der Waals surface area contributed by atoms with Crippen LogP contribution in [-0.2, 0) is 0 Å². The van der Waals surface area contributed by atoms with Gasteiger partial charge in [0, 0.05) is 25.7 Å². The minimum Gasteiger partial charge on any atom is -0.328 e. The van der Waals surface area contributed by atoms with Gasteiger partial charge in [0.1, 0.15) is 0 Å². The van der Waals surface area contributed by atoms with Crippen molar-refractivity contribution >= 4 is 6.03 Å². The van der Waals surface area contributed by atoms with Crippen LogP contribution in [0.15, 0.2) is 30.3 Å². The number of hydrogen-bond acceptors (Lipinski definition) is 2. The normalized spacial score (nSPS) is 29.2. The lowest BCUT2D eigenvalue weighted by Gasteiger charge is -2.45. The molecule has 136 valence electrons. The Balaban J connectivity index is 1.53. The highest BCUT2D eigenvalue weighted by atomic mass is 16.2. The number of hydrogen-bond donors (Lipinski definition) is 1. The first-order valence-corrected chi connectivity index (χ1v) is 10.0. The molecule has 2 saturated heterocycles. The van der Waals surface area contributed by atoms with Crippen LogP contribution in [0.5, 0.6) is 0 Å². The van der Waals surface area contributed by atoms with Crippen molar-refractivity contribution in [2.45, 2.75) is 63.5 Å². The van der Waals surface area contributed by atoms with Gasteiger partial charge >= 0.3 is 6.03 Å². The number of benzene rings is 1. The number of piperidine rings is 2. The lowest BCUT2D eigenvalue weighted by molar-refractivity contribution is 0.0672. The zero-order chi connectivity index (χ0) is 17.3. The molecule has 25 heavy (non-hydrogen) atoms. The molecule has 3 fully saturated rings. The van der Waals surface area contributed by atoms with E-state index < -0.39 is 0 Å². The summed E-state index contributed by atoms with van der Waals surface area (Å²) < 4.78 is 0. The first-order valence-electron chi connectivity index (χ1n) is 10.0. The Morgan fingerprint density at radius 3 is 2.52 bits per heavy atom. The smallest absolute Gasteiger partial charge is 0.320 e. The Bertz CT molecular complexity index is 596. The van der Waals surface area contributed by atoms with Gasteiger partial charge in [0.15, 0.2) is 0 Å². The van der Waals surface area contributed by atoms with Gasteiger partial charge in [0.05, 0.1) is 6.04 Å². The zero-order valence-corrected chi connectivity index (χ0v) is 15.2. The summed E-state index contributed by atoms with van der Waals surface area (Å²) in [5, 5.41) is 0. The second kappa shape index (κ2) is 6.99. The predicted molar refractivity (Wildman–Crippen MR) is 100 cm³/mol. The molecule has 2 atom stereocenters. The molecule has 0 aromatic heterocycles. The van der Waals surface area contributed by atoms with E-state index in [0.717, 1.165) is 38.9 Å². The summed E-state index contributed by atoms with van der Waals surface area (Å²) in [7, 11) is 0. The van der Waals surface area contributed by atoms with E-state index in [2.05, 4.69) is 34.1 Å². The standard InChI is InChI=1S/C21H31N3O/c22-18-9-14-24(19(15-18)17-7-2-1-3-8-17)20(25)23-13-6-12-21(16-23)10-4-5-11-21/h1-3,7-8,18-19H,4-6,9-16,22H2/t18-,19+/m1/s1. The molecular weight excluding hydrogens is 310 g/mol. The topological polar surface area (TPSA) is 49.6 Å². The average Bonchev–Trinajstić information content (AvgIpc) is 3.09. The molecule has 3 aliphatic rings. The van der Waals surface area contributed by atoms with Gasteiger partial charge in [-0.2, -0.15) is 0 Å². The van der Waals surface area contributed by atoms with Crippen LogP contribution in [0.1, 0.15) is 63.0 Å². The van der Waals surface area contributed by atoms with Crippen molar-refractivity contribution in [3.8, 4) is 0 Å². The number of amides is 2. The molecule has 4 nitrogen and oxygen atoms in total. The van der Waals surface area contributed by atoms with Crippen molar-refractivity contribution in [2.24, 2.45) is 11.1 Å². The molecule has 1 aliphatic carbocycles. The average molecular weight is 341 g/mol. The molecular formula is C21H31N3O. The van der Waals surface area contributed by atoms with Crippen LogP contribution in [-0.4, -0.2) is 41.5 Å². The van der Waals surface area contributed by atoms with Crippen molar-refractivity contribution in [3.05, 3.63) is 35.9 Å². The van der Waals surface area contributed by atoms with Gasteiger partial charge in [0.25, 0.3) is 0 Å². The number of likely N-dealkylation sites (tertiary alicyclic amines) is 2. The van der Waals surface area contributed by atoms with Crippen LogP contribution in [0, 0.1) is 5.41 Å². The molecule has 2 heterocycles. The molecule has 0 unspecified atom stereocenters. The van der Waals surface area contributed by atoms with E-state index in [-0.39, 0.29) is 18.1 Å². The third-order valence-corrected chi connectivity index (χ3v) is 6.67. The maximum absolute atomic E-state index is 13.4. The zero-order valence-electron chi connectivity index (χ0n) is 15.2. The van der Waals surface area contributed by atoms with Gasteiger partial charge in [-0.1, -0.05) is 43.2 Å². The summed E-state index contributed by atoms with van der Waals surface area (Å²) in [6, 6.07) is 11.0. The maximum Gasteiger partial charge on any atom is 0.320 e. The Morgan fingerprint density at radius 1 is 1.04 bits per heavy atom.